The van der Waals surface area contributed by atoms with Crippen molar-refractivity contribution in [1.82, 2.24) is 4.90 Å². The van der Waals surface area contributed by atoms with Gasteiger partial charge in [-0.05, 0) is 48.8 Å². The molecular formula is C25H33ClN2O2. The van der Waals surface area contributed by atoms with E-state index in [1.54, 1.807) is 5.57 Å². The zero-order valence-corrected chi connectivity index (χ0v) is 18.9. The van der Waals surface area contributed by atoms with Crippen LogP contribution in [0.5, 0.6) is 0 Å². The molecule has 5 atom stereocenters. The van der Waals surface area contributed by atoms with Gasteiger partial charge in [0.1, 0.15) is 6.10 Å². The van der Waals surface area contributed by atoms with Gasteiger partial charge >= 0.3 is 5.97 Å². The molecule has 3 fully saturated rings. The molecule has 0 radical (unpaired) electrons. The Kier molecular flexibility index (Phi) is 5.35. The van der Waals surface area contributed by atoms with Crippen LogP contribution in [0.15, 0.2) is 35.9 Å². The molecule has 4 nitrogen and oxygen atoms in total. The summed E-state index contributed by atoms with van der Waals surface area (Å²) in [5.41, 5.74) is 3.02. The number of hydrogen-bond acceptors (Lipinski definition) is 4. The van der Waals surface area contributed by atoms with Crippen molar-refractivity contribution in [1.29, 1.82) is 0 Å². The fourth-order valence-corrected chi connectivity index (χ4v) is 6.58. The zero-order valence-electron chi connectivity index (χ0n) is 18.1. The summed E-state index contributed by atoms with van der Waals surface area (Å²) >= 11 is 6.16. The van der Waals surface area contributed by atoms with Gasteiger partial charge in [0.25, 0.3) is 0 Å². The van der Waals surface area contributed by atoms with Crippen molar-refractivity contribution in [3.8, 4) is 0 Å². The van der Waals surface area contributed by atoms with Crippen LogP contribution in [-0.4, -0.2) is 49.7 Å². The summed E-state index contributed by atoms with van der Waals surface area (Å²) in [6, 6.07) is 8.08. The zero-order chi connectivity index (χ0) is 20.9. The number of carbonyl (C=O) groups excluding carboxylic acids is 1. The van der Waals surface area contributed by atoms with E-state index >= 15 is 0 Å². The minimum Gasteiger partial charge on any atom is -0.461 e. The predicted molar refractivity (Wildman–Crippen MR) is 121 cm³/mol. The molecule has 2 aliphatic heterocycles. The molecule has 0 aromatic heterocycles. The van der Waals surface area contributed by atoms with Crippen LogP contribution < -0.4 is 4.90 Å². The third-order valence-electron chi connectivity index (χ3n) is 8.08. The second-order valence-electron chi connectivity index (χ2n) is 10.1. The molecule has 0 spiro atoms. The molecule has 1 aromatic rings. The summed E-state index contributed by atoms with van der Waals surface area (Å²) in [4.78, 5) is 17.7. The van der Waals surface area contributed by atoms with Crippen LogP contribution in [0.1, 0.15) is 39.5 Å². The maximum absolute atomic E-state index is 12.8. The number of rotatable bonds is 3. The molecule has 5 rings (SSSR count). The van der Waals surface area contributed by atoms with Crippen molar-refractivity contribution >= 4 is 23.3 Å². The van der Waals surface area contributed by atoms with Crippen molar-refractivity contribution < 1.29 is 9.53 Å². The highest BCUT2D eigenvalue weighted by atomic mass is 35.5. The Hall–Kier alpha value is -1.52. The number of halogens is 1. The molecule has 2 saturated heterocycles. The van der Waals surface area contributed by atoms with E-state index in [0.29, 0.717) is 5.92 Å². The van der Waals surface area contributed by atoms with Gasteiger partial charge in [-0.15, -0.1) is 0 Å². The van der Waals surface area contributed by atoms with Gasteiger partial charge in [-0.1, -0.05) is 49.6 Å². The summed E-state index contributed by atoms with van der Waals surface area (Å²) in [7, 11) is 0. The summed E-state index contributed by atoms with van der Waals surface area (Å²) < 4.78 is 5.94. The standard InChI is InChI=1S/C25H33ClN2O2/c1-17-5-4-8-25(2)15-23-20(14-22(17)25)21(24(29)30-23)16-27-9-11-28(12-10-27)19-7-3-6-18(26)13-19/h3,6-7,13-14,17,20-21,23H,4-5,8-12,15-16H2,1-2H3/t17-,20-,21+,23-,25-/m1/s1. The number of benzene rings is 1. The van der Waals surface area contributed by atoms with E-state index in [4.69, 9.17) is 16.3 Å². The first kappa shape index (κ1) is 20.4. The maximum atomic E-state index is 12.8. The molecule has 2 aliphatic carbocycles. The first-order chi connectivity index (χ1) is 14.4. The van der Waals surface area contributed by atoms with Crippen molar-refractivity contribution in [2.75, 3.05) is 37.6 Å². The second-order valence-corrected chi connectivity index (χ2v) is 10.5. The lowest BCUT2D eigenvalue weighted by Gasteiger charge is -2.46. The van der Waals surface area contributed by atoms with E-state index in [9.17, 15) is 4.79 Å². The second kappa shape index (κ2) is 7.87. The highest BCUT2D eigenvalue weighted by Crippen LogP contribution is 2.54. The van der Waals surface area contributed by atoms with Gasteiger partial charge in [0.15, 0.2) is 0 Å². The Bertz CT molecular complexity index is 847. The van der Waals surface area contributed by atoms with E-state index in [2.05, 4.69) is 35.8 Å². The summed E-state index contributed by atoms with van der Waals surface area (Å²) in [5, 5.41) is 0.781. The molecule has 5 heteroatoms. The van der Waals surface area contributed by atoms with Crippen LogP contribution in [0.3, 0.4) is 0 Å². The molecule has 0 N–H and O–H groups in total. The van der Waals surface area contributed by atoms with Gasteiger partial charge in [0.2, 0.25) is 0 Å². The summed E-state index contributed by atoms with van der Waals surface area (Å²) in [6.07, 6.45) is 7.37. The Morgan fingerprint density at radius 2 is 2.03 bits per heavy atom. The Morgan fingerprint density at radius 3 is 2.80 bits per heavy atom. The molecule has 0 unspecified atom stereocenters. The quantitative estimate of drug-likeness (QED) is 0.512. The third-order valence-corrected chi connectivity index (χ3v) is 8.32. The number of ether oxygens (including phenoxy) is 1. The van der Waals surface area contributed by atoms with Gasteiger partial charge in [0.05, 0.1) is 5.92 Å². The lowest BCUT2D eigenvalue weighted by Crippen LogP contribution is -2.49. The Labute approximate surface area is 185 Å². The monoisotopic (exact) mass is 428 g/mol. The van der Waals surface area contributed by atoms with E-state index in [1.807, 2.05) is 18.2 Å². The molecule has 0 bridgehead atoms. The van der Waals surface area contributed by atoms with E-state index in [0.717, 1.165) is 44.2 Å². The Morgan fingerprint density at radius 1 is 1.23 bits per heavy atom. The van der Waals surface area contributed by atoms with Crippen LogP contribution in [0, 0.1) is 23.2 Å². The number of allylic oxidation sites excluding steroid dienone is 1. The average Bonchev–Trinajstić information content (AvgIpc) is 3.01. The molecule has 4 aliphatic rings. The van der Waals surface area contributed by atoms with Crippen molar-refractivity contribution in [3.05, 3.63) is 40.9 Å². The fraction of sp³-hybridized carbons (Fsp3) is 0.640. The maximum Gasteiger partial charge on any atom is 0.311 e. The van der Waals surface area contributed by atoms with Gasteiger partial charge in [-0.3, -0.25) is 9.69 Å². The smallest absolute Gasteiger partial charge is 0.311 e. The summed E-state index contributed by atoms with van der Waals surface area (Å²) in [5.74, 6) is 0.905. The predicted octanol–water partition coefficient (Wildman–Crippen LogP) is 4.78. The van der Waals surface area contributed by atoms with Crippen molar-refractivity contribution in [3.63, 3.8) is 0 Å². The molecular weight excluding hydrogens is 396 g/mol. The van der Waals surface area contributed by atoms with Crippen molar-refractivity contribution in [2.45, 2.75) is 45.6 Å². The first-order valence-electron chi connectivity index (χ1n) is 11.6. The number of anilines is 1. The minimum atomic E-state index is -0.0149. The lowest BCUT2D eigenvalue weighted by molar-refractivity contribution is -0.145. The molecule has 0 amide bonds. The SMILES string of the molecule is C[C@@H]1CCC[C@]2(C)C[C@H]3OC(=O)[C@@H](CN4CCN(c5cccc(Cl)c5)CC4)[C@H]3C=C12. The van der Waals surface area contributed by atoms with E-state index in [-0.39, 0.29) is 29.3 Å². The van der Waals surface area contributed by atoms with Crippen LogP contribution in [0.25, 0.3) is 0 Å². The first-order valence-corrected chi connectivity index (χ1v) is 12.0. The van der Waals surface area contributed by atoms with Gasteiger partial charge in [0, 0.05) is 49.4 Å². The number of fused-ring (bicyclic) bond motifs is 2. The average molecular weight is 429 g/mol. The Balaban J connectivity index is 1.26. The summed E-state index contributed by atoms with van der Waals surface area (Å²) in [6.45, 7) is 9.44. The van der Waals surface area contributed by atoms with Gasteiger partial charge in [-0.2, -0.15) is 0 Å². The molecule has 1 aromatic carbocycles. The van der Waals surface area contributed by atoms with Gasteiger partial charge < -0.3 is 9.64 Å². The lowest BCUT2D eigenvalue weighted by atomic mass is 9.59. The van der Waals surface area contributed by atoms with Gasteiger partial charge in [-0.25, -0.2) is 0 Å². The number of nitrogens with zero attached hydrogens (tertiary/aromatic N) is 2. The van der Waals surface area contributed by atoms with Crippen LogP contribution in [0.2, 0.25) is 5.02 Å². The molecule has 1 saturated carbocycles. The highest BCUT2D eigenvalue weighted by molar-refractivity contribution is 6.30. The van der Waals surface area contributed by atoms with Crippen molar-refractivity contribution in [2.24, 2.45) is 23.2 Å². The third kappa shape index (κ3) is 3.67. The van der Waals surface area contributed by atoms with E-state index in [1.165, 1.54) is 24.9 Å². The highest BCUT2D eigenvalue weighted by Gasteiger charge is 2.52. The fourth-order valence-electron chi connectivity index (χ4n) is 6.40. The van der Waals surface area contributed by atoms with E-state index < -0.39 is 0 Å². The van der Waals surface area contributed by atoms with Crippen LogP contribution >= 0.6 is 11.6 Å². The number of piperazine rings is 1. The van der Waals surface area contributed by atoms with Crippen LogP contribution in [-0.2, 0) is 9.53 Å². The molecule has 162 valence electrons. The molecule has 2 heterocycles. The normalized spacial score (nSPS) is 36.7. The minimum absolute atomic E-state index is 0.0149. The number of hydrogen-bond donors (Lipinski definition) is 0. The number of carbonyl (C=O) groups is 1. The number of esters is 1. The largest absolute Gasteiger partial charge is 0.461 e. The van der Waals surface area contributed by atoms with Crippen LogP contribution in [0.4, 0.5) is 5.69 Å². The topological polar surface area (TPSA) is 32.8 Å². The molecule has 30 heavy (non-hydrogen) atoms.